The number of carbonyl (C=O) groups is 1. The van der Waals surface area contributed by atoms with Gasteiger partial charge in [-0.05, 0) is 24.2 Å². The van der Waals surface area contributed by atoms with Crippen LogP contribution < -0.4 is 5.32 Å². The molecule has 106 valence electrons. The zero-order valence-electron chi connectivity index (χ0n) is 12.4. The van der Waals surface area contributed by atoms with Gasteiger partial charge >= 0.3 is 0 Å². The number of amides is 1. The van der Waals surface area contributed by atoms with Crippen molar-refractivity contribution in [2.45, 2.75) is 39.7 Å². The smallest absolute Gasteiger partial charge is 0.230 e. The van der Waals surface area contributed by atoms with Gasteiger partial charge in [0.25, 0.3) is 0 Å². The molecule has 1 N–H and O–H groups in total. The summed E-state index contributed by atoms with van der Waals surface area (Å²) < 4.78 is 0. The van der Waals surface area contributed by atoms with Crippen molar-refractivity contribution in [2.75, 3.05) is 0 Å². The second-order valence-corrected chi connectivity index (χ2v) is 7.04. The third-order valence-corrected chi connectivity index (χ3v) is 4.67. The minimum atomic E-state index is 0.0617. The van der Waals surface area contributed by atoms with E-state index in [0.29, 0.717) is 5.92 Å². The normalized spacial score (nSPS) is 29.6. The average molecular weight is 270 g/mol. The predicted octanol–water partition coefficient (Wildman–Crippen LogP) is 3.00. The summed E-state index contributed by atoms with van der Waals surface area (Å²) in [5, 5.41) is 2.99. The van der Waals surface area contributed by atoms with Crippen LogP contribution >= 0.6 is 0 Å². The number of carbonyl (C=O) groups excluding carboxylic acids is 1. The molecule has 0 spiro atoms. The lowest BCUT2D eigenvalue weighted by Gasteiger charge is -2.26. The number of hydrogen-bond donors (Lipinski definition) is 1. The first-order valence-corrected chi connectivity index (χ1v) is 7.39. The van der Waals surface area contributed by atoms with E-state index in [1.54, 1.807) is 0 Å². The van der Waals surface area contributed by atoms with E-state index in [1.807, 2.05) is 30.3 Å². The number of rotatable bonds is 1. The number of hydrogen-bond acceptors (Lipinski definition) is 2. The largest absolute Gasteiger partial charge is 0.310 e. The van der Waals surface area contributed by atoms with Gasteiger partial charge in [0.1, 0.15) is 5.84 Å². The fourth-order valence-electron chi connectivity index (χ4n) is 3.30. The van der Waals surface area contributed by atoms with Gasteiger partial charge in [0.15, 0.2) is 0 Å². The molecule has 3 heteroatoms. The number of amidine groups is 1. The number of benzene rings is 1. The van der Waals surface area contributed by atoms with Crippen LogP contribution in [-0.2, 0) is 4.79 Å². The Morgan fingerprint density at radius 3 is 2.50 bits per heavy atom. The lowest BCUT2D eigenvalue weighted by Crippen LogP contribution is -2.44. The van der Waals surface area contributed by atoms with Crippen molar-refractivity contribution in [3.05, 3.63) is 35.9 Å². The van der Waals surface area contributed by atoms with Crippen LogP contribution in [-0.4, -0.2) is 17.8 Å². The van der Waals surface area contributed by atoms with Gasteiger partial charge in [0.2, 0.25) is 5.91 Å². The van der Waals surface area contributed by atoms with Gasteiger partial charge in [-0.2, -0.15) is 0 Å². The highest BCUT2D eigenvalue weighted by Crippen LogP contribution is 2.44. The summed E-state index contributed by atoms with van der Waals surface area (Å²) in [4.78, 5) is 17.2. The summed E-state index contributed by atoms with van der Waals surface area (Å²) in [6.45, 7) is 6.78. The molecule has 3 nitrogen and oxygen atoms in total. The fraction of sp³-hybridized carbons (Fsp3) is 0.529. The van der Waals surface area contributed by atoms with Gasteiger partial charge in [-0.1, -0.05) is 51.1 Å². The monoisotopic (exact) mass is 270 g/mol. The number of fused-ring (bicyclic) bond motifs is 1. The third-order valence-electron chi connectivity index (χ3n) is 4.67. The van der Waals surface area contributed by atoms with Crippen LogP contribution in [0.5, 0.6) is 0 Å². The Morgan fingerprint density at radius 2 is 1.85 bits per heavy atom. The summed E-state index contributed by atoms with van der Waals surface area (Å²) in [6, 6.07) is 10.1. The molecule has 1 aliphatic heterocycles. The van der Waals surface area contributed by atoms with E-state index in [-0.39, 0.29) is 23.3 Å². The van der Waals surface area contributed by atoms with Crippen LogP contribution in [0.1, 0.15) is 39.2 Å². The Balaban J connectivity index is 1.87. The molecule has 1 fully saturated rings. The standard InChI is InChI=1S/C17H22N2O/c1-17(2,3)12-9-13-14(10-12)18-15(19-16(13)20)11-7-5-4-6-8-11/h4-8,12-14H,9-10H2,1-3H3,(H,18,19,20)/t12-,13-,14+/m1/s1. The lowest BCUT2D eigenvalue weighted by atomic mass is 9.79. The van der Waals surface area contributed by atoms with Crippen molar-refractivity contribution >= 4 is 11.7 Å². The molecule has 0 radical (unpaired) electrons. The molecule has 1 amide bonds. The zero-order valence-corrected chi connectivity index (χ0v) is 12.4. The van der Waals surface area contributed by atoms with Crippen LogP contribution in [0.3, 0.4) is 0 Å². The van der Waals surface area contributed by atoms with Gasteiger partial charge in [-0.15, -0.1) is 0 Å². The average Bonchev–Trinajstić information content (AvgIpc) is 2.84. The zero-order chi connectivity index (χ0) is 14.3. The van der Waals surface area contributed by atoms with Crippen LogP contribution in [0.25, 0.3) is 0 Å². The highest BCUT2D eigenvalue weighted by atomic mass is 16.2. The molecule has 2 aliphatic rings. The van der Waals surface area contributed by atoms with Crippen LogP contribution in [0, 0.1) is 17.3 Å². The minimum Gasteiger partial charge on any atom is -0.310 e. The Kier molecular flexibility index (Phi) is 3.15. The van der Waals surface area contributed by atoms with Crippen LogP contribution in [0.15, 0.2) is 35.3 Å². The van der Waals surface area contributed by atoms with E-state index < -0.39 is 0 Å². The lowest BCUT2D eigenvalue weighted by molar-refractivity contribution is -0.124. The first kappa shape index (κ1) is 13.3. The summed E-state index contributed by atoms with van der Waals surface area (Å²) in [5.74, 6) is 1.52. The summed E-state index contributed by atoms with van der Waals surface area (Å²) in [6.07, 6.45) is 1.99. The van der Waals surface area contributed by atoms with Crippen molar-refractivity contribution in [1.82, 2.24) is 5.32 Å². The summed E-state index contributed by atoms with van der Waals surface area (Å²) in [7, 11) is 0. The van der Waals surface area contributed by atoms with E-state index in [9.17, 15) is 4.79 Å². The third kappa shape index (κ3) is 2.37. The van der Waals surface area contributed by atoms with Gasteiger partial charge in [-0.25, -0.2) is 0 Å². The topological polar surface area (TPSA) is 41.5 Å². The molecule has 1 aromatic rings. The van der Waals surface area contributed by atoms with E-state index >= 15 is 0 Å². The molecule has 20 heavy (non-hydrogen) atoms. The number of nitrogens with zero attached hydrogens (tertiary/aromatic N) is 1. The summed E-state index contributed by atoms with van der Waals surface area (Å²) >= 11 is 0. The summed E-state index contributed by atoms with van der Waals surface area (Å²) in [5.41, 5.74) is 1.25. The highest BCUT2D eigenvalue weighted by molar-refractivity contribution is 6.10. The SMILES string of the molecule is CC(C)(C)[C@H]1C[C@@H]2N=C(c3ccccc3)NC(=O)[C@@H]2C1. The molecule has 1 saturated carbocycles. The van der Waals surface area contributed by atoms with E-state index in [4.69, 9.17) is 4.99 Å². The van der Waals surface area contributed by atoms with Crippen molar-refractivity contribution in [1.29, 1.82) is 0 Å². The molecule has 0 bridgehead atoms. The molecule has 1 aliphatic carbocycles. The van der Waals surface area contributed by atoms with E-state index in [2.05, 4.69) is 26.1 Å². The van der Waals surface area contributed by atoms with Crippen molar-refractivity contribution in [3.8, 4) is 0 Å². The molecule has 3 rings (SSSR count). The second kappa shape index (κ2) is 4.72. The second-order valence-electron chi connectivity index (χ2n) is 7.04. The van der Waals surface area contributed by atoms with Gasteiger partial charge in [-0.3, -0.25) is 9.79 Å². The van der Waals surface area contributed by atoms with E-state index in [1.165, 1.54) is 0 Å². The Morgan fingerprint density at radius 1 is 1.15 bits per heavy atom. The van der Waals surface area contributed by atoms with Crippen LogP contribution in [0.2, 0.25) is 0 Å². The van der Waals surface area contributed by atoms with Crippen molar-refractivity contribution < 1.29 is 4.79 Å². The van der Waals surface area contributed by atoms with Gasteiger partial charge in [0.05, 0.1) is 12.0 Å². The van der Waals surface area contributed by atoms with Gasteiger partial charge < -0.3 is 5.32 Å². The predicted molar refractivity (Wildman–Crippen MR) is 80.6 cm³/mol. The fourth-order valence-corrected chi connectivity index (χ4v) is 3.30. The van der Waals surface area contributed by atoms with Gasteiger partial charge in [0, 0.05) is 5.56 Å². The van der Waals surface area contributed by atoms with E-state index in [0.717, 1.165) is 24.2 Å². The molecular formula is C17H22N2O. The molecule has 1 heterocycles. The molecular weight excluding hydrogens is 248 g/mol. The maximum Gasteiger partial charge on any atom is 0.230 e. The quantitative estimate of drug-likeness (QED) is 0.837. The van der Waals surface area contributed by atoms with Crippen molar-refractivity contribution in [2.24, 2.45) is 22.2 Å². The molecule has 0 aromatic heterocycles. The first-order chi connectivity index (χ1) is 9.45. The minimum absolute atomic E-state index is 0.0617. The Labute approximate surface area is 120 Å². The Bertz CT molecular complexity index is 542. The Hall–Kier alpha value is -1.64. The maximum atomic E-state index is 12.3. The number of nitrogens with one attached hydrogen (secondary N) is 1. The number of aliphatic imine (C=N–C) groups is 1. The maximum absolute atomic E-state index is 12.3. The van der Waals surface area contributed by atoms with Crippen LogP contribution in [0.4, 0.5) is 0 Å². The first-order valence-electron chi connectivity index (χ1n) is 7.39. The molecule has 1 aromatic carbocycles. The highest BCUT2D eigenvalue weighted by Gasteiger charge is 2.45. The molecule has 0 unspecified atom stereocenters. The van der Waals surface area contributed by atoms with Crippen molar-refractivity contribution in [3.63, 3.8) is 0 Å². The molecule has 0 saturated heterocycles. The molecule has 3 atom stereocenters.